The lowest BCUT2D eigenvalue weighted by Crippen LogP contribution is -2.48. The zero-order valence-electron chi connectivity index (χ0n) is 13.3. The maximum absolute atomic E-state index is 10.8. The van der Waals surface area contributed by atoms with Crippen molar-refractivity contribution in [3.63, 3.8) is 0 Å². The minimum Gasteiger partial charge on any atom is -0.389 e. The van der Waals surface area contributed by atoms with Crippen LogP contribution in [0, 0.1) is 5.92 Å². The zero-order valence-corrected chi connectivity index (χ0v) is 13.3. The quantitative estimate of drug-likeness (QED) is 0.926. The van der Waals surface area contributed by atoms with Gasteiger partial charge < -0.3 is 14.6 Å². The van der Waals surface area contributed by atoms with Crippen molar-refractivity contribution < 1.29 is 5.11 Å². The number of likely N-dealkylation sites (tertiary alicyclic amines) is 1. The summed E-state index contributed by atoms with van der Waals surface area (Å²) in [5.41, 5.74) is -0.413. The van der Waals surface area contributed by atoms with Gasteiger partial charge in [-0.05, 0) is 38.1 Å². The summed E-state index contributed by atoms with van der Waals surface area (Å²) in [6.07, 6.45) is 13.2. The number of aliphatic hydroxyl groups is 1. The second-order valence-electron chi connectivity index (χ2n) is 7.19. The van der Waals surface area contributed by atoms with Crippen LogP contribution < -0.4 is 0 Å². The lowest BCUT2D eigenvalue weighted by atomic mass is 9.83. The number of nitrogens with zero attached hydrogens (tertiary/aromatic N) is 3. The Balaban J connectivity index is 1.54. The van der Waals surface area contributed by atoms with Gasteiger partial charge in [0.2, 0.25) is 0 Å². The van der Waals surface area contributed by atoms with Crippen LogP contribution in [-0.2, 0) is 13.5 Å². The van der Waals surface area contributed by atoms with Gasteiger partial charge in [-0.2, -0.15) is 0 Å². The highest BCUT2D eigenvalue weighted by molar-refractivity contribution is 4.95. The molecule has 4 heteroatoms. The second kappa shape index (κ2) is 6.49. The molecule has 118 valence electrons. The first kappa shape index (κ1) is 15.0. The monoisotopic (exact) mass is 291 g/mol. The average molecular weight is 291 g/mol. The van der Waals surface area contributed by atoms with Crippen LogP contribution in [0.15, 0.2) is 12.4 Å². The first-order valence-electron chi connectivity index (χ1n) is 8.56. The van der Waals surface area contributed by atoms with Crippen molar-refractivity contribution in [3.8, 4) is 0 Å². The molecule has 0 aromatic carbocycles. The van der Waals surface area contributed by atoms with E-state index in [0.29, 0.717) is 5.92 Å². The molecule has 3 rings (SSSR count). The third-order valence-corrected chi connectivity index (χ3v) is 5.30. The van der Waals surface area contributed by atoms with E-state index in [2.05, 4.69) is 21.5 Å². The van der Waals surface area contributed by atoms with E-state index >= 15 is 0 Å². The number of aromatic nitrogens is 2. The molecular weight excluding hydrogens is 262 g/mol. The fourth-order valence-corrected chi connectivity index (χ4v) is 4.10. The Morgan fingerprint density at radius 2 is 2.10 bits per heavy atom. The van der Waals surface area contributed by atoms with Crippen molar-refractivity contribution in [2.75, 3.05) is 19.6 Å². The summed E-state index contributed by atoms with van der Waals surface area (Å²) < 4.78 is 2.13. The number of β-amino-alcohol motifs (C(OH)–C–C–N with tert-alkyl or cyclic N) is 1. The first-order chi connectivity index (χ1) is 10.1. The van der Waals surface area contributed by atoms with Gasteiger partial charge in [-0.15, -0.1) is 0 Å². The summed E-state index contributed by atoms with van der Waals surface area (Å²) in [5, 5.41) is 10.8. The number of hydrogen-bond donors (Lipinski definition) is 1. The van der Waals surface area contributed by atoms with Crippen LogP contribution >= 0.6 is 0 Å². The molecule has 0 amide bonds. The Kier molecular flexibility index (Phi) is 4.65. The molecule has 21 heavy (non-hydrogen) atoms. The fraction of sp³-hybridized carbons (Fsp3) is 0.824. The second-order valence-corrected chi connectivity index (χ2v) is 7.19. The van der Waals surface area contributed by atoms with E-state index in [1.165, 1.54) is 37.9 Å². The van der Waals surface area contributed by atoms with Gasteiger partial charge in [0.15, 0.2) is 0 Å². The Hall–Kier alpha value is -0.870. The van der Waals surface area contributed by atoms with Gasteiger partial charge >= 0.3 is 0 Å². The molecular formula is C17H29N3O. The van der Waals surface area contributed by atoms with Crippen molar-refractivity contribution in [2.45, 2.75) is 57.0 Å². The number of imidazole rings is 1. The smallest absolute Gasteiger partial charge is 0.108 e. The molecule has 1 saturated carbocycles. The third kappa shape index (κ3) is 3.86. The molecule has 1 atom stereocenters. The third-order valence-electron chi connectivity index (χ3n) is 5.30. The molecule has 1 saturated heterocycles. The Morgan fingerprint density at radius 3 is 2.81 bits per heavy atom. The van der Waals surface area contributed by atoms with E-state index in [4.69, 9.17) is 0 Å². The molecule has 2 heterocycles. The van der Waals surface area contributed by atoms with Crippen molar-refractivity contribution in [1.82, 2.24) is 14.5 Å². The summed E-state index contributed by atoms with van der Waals surface area (Å²) in [5.74, 6) is 1.88. The molecule has 1 aromatic heterocycles. The summed E-state index contributed by atoms with van der Waals surface area (Å²) in [7, 11) is 2.08. The molecule has 1 N–H and O–H groups in total. The molecule has 1 aromatic rings. The highest BCUT2D eigenvalue weighted by Gasteiger charge is 2.33. The van der Waals surface area contributed by atoms with E-state index in [-0.39, 0.29) is 0 Å². The average Bonchev–Trinajstić information content (AvgIpc) is 2.85. The number of rotatable bonds is 4. The molecule has 0 spiro atoms. The predicted octanol–water partition coefficient (Wildman–Crippen LogP) is 2.37. The van der Waals surface area contributed by atoms with Gasteiger partial charge in [0, 0.05) is 39.0 Å². The summed E-state index contributed by atoms with van der Waals surface area (Å²) in [6.45, 7) is 3.15. The maximum Gasteiger partial charge on any atom is 0.108 e. The molecule has 1 unspecified atom stereocenters. The standard InChI is InChI=1S/C17H29N3O/c1-19-11-9-18-16(19)12-15-6-5-10-20(13-15)14-17(21)7-3-2-4-8-17/h9,11,15,21H,2-8,10,12-14H2,1H3. The van der Waals surface area contributed by atoms with Crippen LogP contribution in [-0.4, -0.2) is 44.8 Å². The summed E-state index contributed by atoms with van der Waals surface area (Å²) in [4.78, 5) is 6.96. The first-order valence-corrected chi connectivity index (χ1v) is 8.56. The van der Waals surface area contributed by atoms with E-state index in [1.807, 2.05) is 12.4 Å². The highest BCUT2D eigenvalue weighted by Crippen LogP contribution is 2.30. The molecule has 1 aliphatic heterocycles. The lowest BCUT2D eigenvalue weighted by molar-refractivity contribution is -0.0344. The van der Waals surface area contributed by atoms with Crippen molar-refractivity contribution in [1.29, 1.82) is 0 Å². The van der Waals surface area contributed by atoms with Crippen LogP contribution in [0.3, 0.4) is 0 Å². The van der Waals surface area contributed by atoms with Gasteiger partial charge in [-0.25, -0.2) is 4.98 Å². The van der Waals surface area contributed by atoms with Crippen LogP contribution in [0.2, 0.25) is 0 Å². The van der Waals surface area contributed by atoms with Crippen LogP contribution in [0.4, 0.5) is 0 Å². The van der Waals surface area contributed by atoms with Crippen LogP contribution in [0.5, 0.6) is 0 Å². The van der Waals surface area contributed by atoms with Crippen molar-refractivity contribution >= 4 is 0 Å². The maximum atomic E-state index is 10.8. The molecule has 2 aliphatic rings. The summed E-state index contributed by atoms with van der Waals surface area (Å²) >= 11 is 0. The Bertz CT molecular complexity index is 451. The lowest BCUT2D eigenvalue weighted by Gasteiger charge is -2.40. The molecule has 1 aliphatic carbocycles. The number of piperidine rings is 1. The Morgan fingerprint density at radius 1 is 1.29 bits per heavy atom. The molecule has 4 nitrogen and oxygen atoms in total. The number of aryl methyl sites for hydroxylation is 1. The highest BCUT2D eigenvalue weighted by atomic mass is 16.3. The van der Waals surface area contributed by atoms with E-state index in [1.54, 1.807) is 0 Å². The number of hydrogen-bond acceptors (Lipinski definition) is 3. The van der Waals surface area contributed by atoms with Gasteiger partial charge in [0.1, 0.15) is 5.82 Å². The van der Waals surface area contributed by atoms with E-state index in [0.717, 1.165) is 38.9 Å². The predicted molar refractivity (Wildman–Crippen MR) is 84.1 cm³/mol. The van der Waals surface area contributed by atoms with Crippen LogP contribution in [0.1, 0.15) is 50.8 Å². The molecule has 0 radical (unpaired) electrons. The topological polar surface area (TPSA) is 41.3 Å². The minimum absolute atomic E-state index is 0.413. The van der Waals surface area contributed by atoms with Gasteiger partial charge in [-0.1, -0.05) is 19.3 Å². The van der Waals surface area contributed by atoms with Crippen molar-refractivity contribution in [3.05, 3.63) is 18.2 Å². The molecule has 2 fully saturated rings. The minimum atomic E-state index is -0.413. The fourth-order valence-electron chi connectivity index (χ4n) is 4.10. The van der Waals surface area contributed by atoms with E-state index in [9.17, 15) is 5.11 Å². The van der Waals surface area contributed by atoms with Crippen LogP contribution in [0.25, 0.3) is 0 Å². The van der Waals surface area contributed by atoms with Gasteiger partial charge in [-0.3, -0.25) is 0 Å². The normalized spacial score (nSPS) is 26.9. The Labute approximate surface area is 128 Å². The summed E-state index contributed by atoms with van der Waals surface area (Å²) in [6, 6.07) is 0. The van der Waals surface area contributed by atoms with Crippen molar-refractivity contribution in [2.24, 2.45) is 13.0 Å². The van der Waals surface area contributed by atoms with Gasteiger partial charge in [0.25, 0.3) is 0 Å². The van der Waals surface area contributed by atoms with E-state index < -0.39 is 5.60 Å². The largest absolute Gasteiger partial charge is 0.389 e. The zero-order chi connectivity index (χ0) is 14.7. The SMILES string of the molecule is Cn1ccnc1CC1CCCN(CC2(O)CCCCC2)C1. The van der Waals surface area contributed by atoms with Gasteiger partial charge in [0.05, 0.1) is 5.60 Å². The molecule has 0 bridgehead atoms.